The maximum absolute atomic E-state index is 12.2. The van der Waals surface area contributed by atoms with E-state index in [1.54, 1.807) is 36.8 Å². The smallest absolute Gasteiger partial charge is 0.454 e. The van der Waals surface area contributed by atoms with E-state index in [9.17, 15) is 4.79 Å². The molecule has 4 rings (SSSR count). The number of hydrogen-bond acceptors (Lipinski definition) is 7. The van der Waals surface area contributed by atoms with Crippen molar-refractivity contribution in [3.05, 3.63) is 47.8 Å². The van der Waals surface area contributed by atoms with Gasteiger partial charge in [-0.25, -0.2) is 5.43 Å². The predicted molar refractivity (Wildman–Crippen MR) is 108 cm³/mol. The van der Waals surface area contributed by atoms with Gasteiger partial charge in [0.05, 0.1) is 17.4 Å². The van der Waals surface area contributed by atoms with Crippen molar-refractivity contribution in [1.82, 2.24) is 10.4 Å². The molecule has 0 unspecified atom stereocenters. The fourth-order valence-electron chi connectivity index (χ4n) is 2.99. The molecule has 8 nitrogen and oxygen atoms in total. The third-order valence-corrected chi connectivity index (χ3v) is 5.40. The molecule has 0 atom stereocenters. The fourth-order valence-corrected chi connectivity index (χ4v) is 2.99. The lowest BCUT2D eigenvalue weighted by atomic mass is 9.76. The van der Waals surface area contributed by atoms with E-state index in [1.165, 1.54) is 0 Å². The lowest BCUT2D eigenvalue weighted by Gasteiger charge is -2.32. The highest BCUT2D eigenvalue weighted by atomic mass is 16.7. The lowest BCUT2D eigenvalue weighted by molar-refractivity contribution is 0.00578. The van der Waals surface area contributed by atoms with Crippen molar-refractivity contribution in [3.63, 3.8) is 0 Å². The number of benzene rings is 1. The number of hydrazone groups is 1. The summed E-state index contributed by atoms with van der Waals surface area (Å²) in [6.07, 6.45) is 4.64. The lowest BCUT2D eigenvalue weighted by Crippen LogP contribution is -2.41. The first-order chi connectivity index (χ1) is 13.8. The van der Waals surface area contributed by atoms with Crippen LogP contribution in [-0.2, 0) is 9.31 Å². The SMILES string of the molecule is CC1(C)OB(c2cc3c(cc2/C=N/NC(=O)c2ccncc2)OCO3)OC1(C)C. The number of aromatic nitrogens is 1. The molecule has 1 N–H and O–H groups in total. The van der Waals surface area contributed by atoms with Crippen molar-refractivity contribution in [2.75, 3.05) is 6.79 Å². The monoisotopic (exact) mass is 395 g/mol. The van der Waals surface area contributed by atoms with Gasteiger partial charge in [0.25, 0.3) is 5.91 Å². The molecule has 1 fully saturated rings. The van der Waals surface area contributed by atoms with Crippen LogP contribution >= 0.6 is 0 Å². The first-order valence-corrected chi connectivity index (χ1v) is 9.29. The van der Waals surface area contributed by atoms with Crippen molar-refractivity contribution in [3.8, 4) is 11.5 Å². The maximum Gasteiger partial charge on any atom is 0.495 e. The number of nitrogens with zero attached hydrogens (tertiary/aromatic N) is 2. The largest absolute Gasteiger partial charge is 0.495 e. The first kappa shape index (κ1) is 19.4. The van der Waals surface area contributed by atoms with Crippen LogP contribution in [-0.4, -0.2) is 42.2 Å². The van der Waals surface area contributed by atoms with Crippen LogP contribution in [0.4, 0.5) is 0 Å². The molecule has 1 saturated heterocycles. The number of ether oxygens (including phenoxy) is 2. The molecule has 2 aliphatic rings. The summed E-state index contributed by atoms with van der Waals surface area (Å²) < 4.78 is 23.3. The Balaban J connectivity index is 1.60. The van der Waals surface area contributed by atoms with Gasteiger partial charge in [-0.1, -0.05) is 0 Å². The minimum atomic E-state index is -0.605. The van der Waals surface area contributed by atoms with Gasteiger partial charge in [-0.05, 0) is 63.0 Å². The van der Waals surface area contributed by atoms with Crippen LogP contribution in [0.3, 0.4) is 0 Å². The highest BCUT2D eigenvalue weighted by Gasteiger charge is 2.52. The van der Waals surface area contributed by atoms with Gasteiger partial charge < -0.3 is 18.8 Å². The van der Waals surface area contributed by atoms with Crippen molar-refractivity contribution in [2.24, 2.45) is 5.10 Å². The number of pyridine rings is 1. The van der Waals surface area contributed by atoms with Gasteiger partial charge in [0, 0.05) is 18.0 Å². The summed E-state index contributed by atoms with van der Waals surface area (Å²) in [4.78, 5) is 16.1. The molecule has 2 aromatic rings. The minimum absolute atomic E-state index is 0.150. The van der Waals surface area contributed by atoms with E-state index < -0.39 is 18.3 Å². The van der Waals surface area contributed by atoms with E-state index in [-0.39, 0.29) is 12.7 Å². The summed E-state index contributed by atoms with van der Waals surface area (Å²) in [7, 11) is -0.605. The topological polar surface area (TPSA) is 91.3 Å². The Hall–Kier alpha value is -2.91. The number of hydrogen-bond donors (Lipinski definition) is 1. The molecule has 150 valence electrons. The van der Waals surface area contributed by atoms with Crippen LogP contribution in [0.1, 0.15) is 43.6 Å². The highest BCUT2D eigenvalue weighted by molar-refractivity contribution is 6.63. The number of carbonyl (C=O) groups is 1. The molecule has 1 aromatic carbocycles. The minimum Gasteiger partial charge on any atom is -0.454 e. The van der Waals surface area contributed by atoms with E-state index in [1.807, 2.05) is 33.8 Å². The third-order valence-electron chi connectivity index (χ3n) is 5.40. The second-order valence-electron chi connectivity index (χ2n) is 7.86. The molecule has 0 spiro atoms. The summed E-state index contributed by atoms with van der Waals surface area (Å²) in [5.41, 5.74) is 3.45. The second kappa shape index (κ2) is 7.16. The van der Waals surface area contributed by atoms with E-state index in [2.05, 4.69) is 15.5 Å². The first-order valence-electron chi connectivity index (χ1n) is 9.29. The maximum atomic E-state index is 12.2. The second-order valence-corrected chi connectivity index (χ2v) is 7.86. The molecular formula is C20H22BN3O5. The van der Waals surface area contributed by atoms with Gasteiger partial charge in [-0.15, -0.1) is 0 Å². The number of fused-ring (bicyclic) bond motifs is 1. The Kier molecular flexibility index (Phi) is 4.80. The van der Waals surface area contributed by atoms with Gasteiger partial charge in [0.1, 0.15) is 0 Å². The number of amides is 1. The van der Waals surface area contributed by atoms with E-state index in [0.29, 0.717) is 22.6 Å². The van der Waals surface area contributed by atoms with Gasteiger partial charge in [0.2, 0.25) is 6.79 Å². The molecule has 0 saturated carbocycles. The molecular weight excluding hydrogens is 373 g/mol. The van der Waals surface area contributed by atoms with Crippen molar-refractivity contribution >= 4 is 24.7 Å². The Morgan fingerprint density at radius 1 is 1.10 bits per heavy atom. The summed E-state index contributed by atoms with van der Waals surface area (Å²) in [5.74, 6) is 0.890. The van der Waals surface area contributed by atoms with Crippen molar-refractivity contribution < 1.29 is 23.6 Å². The van der Waals surface area contributed by atoms with E-state index in [0.717, 1.165) is 5.46 Å². The van der Waals surface area contributed by atoms with Gasteiger partial charge in [-0.2, -0.15) is 5.10 Å². The summed E-state index contributed by atoms with van der Waals surface area (Å²) in [6, 6.07) is 6.85. The van der Waals surface area contributed by atoms with Crippen LogP contribution < -0.4 is 20.4 Å². The van der Waals surface area contributed by atoms with Crippen LogP contribution in [0.15, 0.2) is 41.8 Å². The molecule has 0 bridgehead atoms. The summed E-state index contributed by atoms with van der Waals surface area (Å²) in [6.45, 7) is 8.11. The molecule has 0 aliphatic carbocycles. The zero-order valence-electron chi connectivity index (χ0n) is 16.8. The Labute approximate surface area is 169 Å². The molecule has 29 heavy (non-hydrogen) atoms. The molecule has 9 heteroatoms. The fraction of sp³-hybridized carbons (Fsp3) is 0.350. The van der Waals surface area contributed by atoms with E-state index in [4.69, 9.17) is 18.8 Å². The Bertz CT molecular complexity index is 946. The number of carbonyl (C=O) groups excluding carboxylic acids is 1. The summed E-state index contributed by atoms with van der Waals surface area (Å²) in [5, 5.41) is 4.10. The average Bonchev–Trinajstić information content (AvgIpc) is 3.22. The zero-order chi connectivity index (χ0) is 20.6. The van der Waals surface area contributed by atoms with Gasteiger partial charge in [-0.3, -0.25) is 9.78 Å². The Morgan fingerprint density at radius 2 is 1.72 bits per heavy atom. The molecule has 1 aromatic heterocycles. The van der Waals surface area contributed by atoms with Gasteiger partial charge in [0.15, 0.2) is 11.5 Å². The van der Waals surface area contributed by atoms with Crippen LogP contribution in [0.25, 0.3) is 0 Å². The standard InChI is InChI=1S/C20H22BN3O5/c1-19(2)20(3,4)29-21(28-19)15-10-17-16(26-12-27-17)9-14(15)11-23-24-18(25)13-5-7-22-8-6-13/h5-11H,12H2,1-4H3,(H,24,25)/b23-11+. The van der Waals surface area contributed by atoms with Crippen LogP contribution in [0, 0.1) is 0 Å². The van der Waals surface area contributed by atoms with Gasteiger partial charge >= 0.3 is 7.12 Å². The highest BCUT2D eigenvalue weighted by Crippen LogP contribution is 2.38. The average molecular weight is 395 g/mol. The van der Waals surface area contributed by atoms with Crippen molar-refractivity contribution in [1.29, 1.82) is 0 Å². The van der Waals surface area contributed by atoms with Crippen LogP contribution in [0.5, 0.6) is 11.5 Å². The number of rotatable bonds is 4. The predicted octanol–water partition coefficient (Wildman–Crippen LogP) is 1.87. The Morgan fingerprint density at radius 3 is 2.38 bits per heavy atom. The van der Waals surface area contributed by atoms with Crippen molar-refractivity contribution in [2.45, 2.75) is 38.9 Å². The van der Waals surface area contributed by atoms with Crippen LogP contribution in [0.2, 0.25) is 0 Å². The zero-order valence-corrected chi connectivity index (χ0v) is 16.8. The molecule has 0 radical (unpaired) electrons. The quantitative estimate of drug-likeness (QED) is 0.483. The van der Waals surface area contributed by atoms with E-state index >= 15 is 0 Å². The third kappa shape index (κ3) is 3.71. The molecule has 1 amide bonds. The normalized spacial score (nSPS) is 19.0. The number of nitrogens with one attached hydrogen (secondary N) is 1. The molecule has 2 aliphatic heterocycles. The summed E-state index contributed by atoms with van der Waals surface area (Å²) >= 11 is 0. The molecule has 3 heterocycles.